The molecule has 3 N–H and O–H groups in total. The molecule has 0 aliphatic rings. The van der Waals surface area contributed by atoms with Crippen molar-refractivity contribution in [3.05, 3.63) is 21.9 Å². The zero-order chi connectivity index (χ0) is 17.5. The van der Waals surface area contributed by atoms with Crippen LogP contribution in [0.3, 0.4) is 0 Å². The second kappa shape index (κ2) is 11.4. The van der Waals surface area contributed by atoms with E-state index in [1.807, 2.05) is 14.0 Å². The van der Waals surface area contributed by atoms with Gasteiger partial charge in [-0.15, -0.1) is 24.0 Å². The van der Waals surface area contributed by atoms with Crippen LogP contribution in [0.2, 0.25) is 10.2 Å². The summed E-state index contributed by atoms with van der Waals surface area (Å²) in [5, 5.41) is 7.26. The molecule has 11 heteroatoms. The Balaban J connectivity index is 0.00000529. The van der Waals surface area contributed by atoms with Crippen LogP contribution >= 0.6 is 47.2 Å². The van der Waals surface area contributed by atoms with Gasteiger partial charge < -0.3 is 15.2 Å². The Bertz CT molecular complexity index is 649. The Morgan fingerprint density at radius 2 is 1.96 bits per heavy atom. The molecule has 1 heterocycles. The molecule has 0 aliphatic carbocycles. The smallest absolute Gasteiger partial charge is 0.208 e. The fourth-order valence-electron chi connectivity index (χ4n) is 1.80. The lowest BCUT2D eigenvalue weighted by Gasteiger charge is -2.11. The van der Waals surface area contributed by atoms with Gasteiger partial charge in [0, 0.05) is 32.4 Å². The molecule has 0 aliphatic heterocycles. The number of nitrogens with one attached hydrogen (secondary N) is 3. The summed E-state index contributed by atoms with van der Waals surface area (Å²) in [7, 11) is -1.31. The van der Waals surface area contributed by atoms with Crippen LogP contribution in [0, 0.1) is 0 Å². The Morgan fingerprint density at radius 3 is 2.46 bits per heavy atom. The highest BCUT2D eigenvalue weighted by molar-refractivity contribution is 14.0. The van der Waals surface area contributed by atoms with Gasteiger partial charge in [-0.3, -0.25) is 0 Å². The maximum Gasteiger partial charge on any atom is 0.208 e. The van der Waals surface area contributed by atoms with Crippen LogP contribution in [0.4, 0.5) is 0 Å². The first kappa shape index (κ1) is 23.8. The molecule has 0 saturated carbocycles. The first-order chi connectivity index (χ1) is 10.7. The van der Waals surface area contributed by atoms with Crippen LogP contribution in [0.15, 0.2) is 11.1 Å². The number of aliphatic imine (C=N–C) groups is 1. The number of rotatable bonds is 8. The topological polar surface area (TPSA) is 87.5 Å². The molecule has 1 aromatic heterocycles. The molecular weight excluding hydrogens is 488 g/mol. The van der Waals surface area contributed by atoms with Crippen molar-refractivity contribution in [1.29, 1.82) is 0 Å². The molecule has 0 radical (unpaired) electrons. The number of sulfonamides is 1. The van der Waals surface area contributed by atoms with Crippen LogP contribution in [0.1, 0.15) is 19.0 Å². The maximum absolute atomic E-state index is 11.0. The first-order valence-electron chi connectivity index (χ1n) is 7.21. The minimum Gasteiger partial charge on any atom is -0.357 e. The van der Waals surface area contributed by atoms with Crippen molar-refractivity contribution in [2.75, 3.05) is 25.9 Å². The van der Waals surface area contributed by atoms with E-state index in [4.69, 9.17) is 23.2 Å². The summed E-state index contributed by atoms with van der Waals surface area (Å²) in [6.45, 7) is 4.11. The van der Waals surface area contributed by atoms with Crippen molar-refractivity contribution in [2.24, 2.45) is 12.0 Å². The molecule has 0 spiro atoms. The predicted molar refractivity (Wildman–Crippen MR) is 111 cm³/mol. The van der Waals surface area contributed by atoms with Crippen molar-refractivity contribution in [3.8, 4) is 0 Å². The van der Waals surface area contributed by atoms with Gasteiger partial charge in [0.2, 0.25) is 10.0 Å². The summed E-state index contributed by atoms with van der Waals surface area (Å²) in [6, 6.07) is 1.78. The predicted octanol–water partition coefficient (Wildman–Crippen LogP) is 1.94. The van der Waals surface area contributed by atoms with Crippen LogP contribution in [0.5, 0.6) is 0 Å². The Kier molecular flexibility index (Phi) is 11.3. The van der Waals surface area contributed by atoms with Gasteiger partial charge >= 0.3 is 0 Å². The number of guanidine groups is 1. The summed E-state index contributed by atoms with van der Waals surface area (Å²) in [4.78, 5) is 4.46. The van der Waals surface area contributed by atoms with E-state index in [1.54, 1.807) is 10.6 Å². The summed E-state index contributed by atoms with van der Waals surface area (Å²) >= 11 is 12.0. The van der Waals surface area contributed by atoms with E-state index in [0.29, 0.717) is 42.2 Å². The highest BCUT2D eigenvalue weighted by atomic mass is 127. The van der Waals surface area contributed by atoms with Crippen LogP contribution in [-0.2, 0) is 23.6 Å². The molecule has 0 aromatic carbocycles. The van der Waals surface area contributed by atoms with Crippen LogP contribution in [-0.4, -0.2) is 44.8 Å². The molecule has 0 bridgehead atoms. The third-order valence-corrected chi connectivity index (χ3v) is 4.54. The summed E-state index contributed by atoms with van der Waals surface area (Å²) < 4.78 is 26.1. The molecule has 0 amide bonds. The Hall–Kier alpha value is -0.230. The molecule has 140 valence electrons. The molecule has 1 rings (SSSR count). The molecule has 1 aromatic rings. The zero-order valence-corrected chi connectivity index (χ0v) is 18.6. The van der Waals surface area contributed by atoms with Gasteiger partial charge in [-0.25, -0.2) is 18.1 Å². The van der Waals surface area contributed by atoms with E-state index in [9.17, 15) is 8.42 Å². The minimum atomic E-state index is -3.14. The summed E-state index contributed by atoms with van der Waals surface area (Å²) in [5.41, 5.74) is 0.899. The summed E-state index contributed by atoms with van der Waals surface area (Å²) in [6.07, 6.45) is 1.79. The number of hydrogen-bond donors (Lipinski definition) is 3. The normalized spacial score (nSPS) is 12.0. The van der Waals surface area contributed by atoms with Crippen molar-refractivity contribution in [1.82, 2.24) is 19.9 Å². The highest BCUT2D eigenvalue weighted by Crippen LogP contribution is 2.25. The fraction of sp³-hybridized carbons (Fsp3) is 0.615. The second-order valence-corrected chi connectivity index (χ2v) is 7.57. The molecular formula is C13H24Cl2IN5O2S. The third kappa shape index (κ3) is 8.75. The average Bonchev–Trinajstić information content (AvgIpc) is 2.70. The summed E-state index contributed by atoms with van der Waals surface area (Å²) in [5.74, 6) is 0.653. The lowest BCUT2D eigenvalue weighted by atomic mass is 10.4. The Labute approximate surface area is 170 Å². The molecule has 0 unspecified atom stereocenters. The first-order valence-corrected chi connectivity index (χ1v) is 9.85. The standard InChI is InChI=1S/C13H23Cl2N5O2S.HI/c1-4-16-13(17-6-5-7-19-23(3,21)22)18-9-10-8-11(14)12(15)20(10)2;/h8,19H,4-7,9H2,1-3H3,(H2,16,17,18);1H. The third-order valence-electron chi connectivity index (χ3n) is 2.97. The molecule has 0 fully saturated rings. The number of hydrogen-bond acceptors (Lipinski definition) is 3. The van der Waals surface area contributed by atoms with E-state index in [-0.39, 0.29) is 24.0 Å². The SMILES string of the molecule is CCNC(=NCc1cc(Cl)c(Cl)n1C)NCCCNS(C)(=O)=O.I. The lowest BCUT2D eigenvalue weighted by Crippen LogP contribution is -2.38. The lowest BCUT2D eigenvalue weighted by molar-refractivity contribution is 0.584. The van der Waals surface area contributed by atoms with Crippen molar-refractivity contribution in [2.45, 2.75) is 19.9 Å². The molecule has 0 saturated heterocycles. The monoisotopic (exact) mass is 511 g/mol. The van der Waals surface area contributed by atoms with Crippen molar-refractivity contribution < 1.29 is 8.42 Å². The van der Waals surface area contributed by atoms with E-state index >= 15 is 0 Å². The van der Waals surface area contributed by atoms with Gasteiger partial charge in [0.25, 0.3) is 0 Å². The van der Waals surface area contributed by atoms with Gasteiger partial charge in [-0.1, -0.05) is 23.2 Å². The van der Waals surface area contributed by atoms with Gasteiger partial charge in [0.15, 0.2) is 5.96 Å². The van der Waals surface area contributed by atoms with Gasteiger partial charge in [-0.05, 0) is 19.4 Å². The fourth-order valence-corrected chi connectivity index (χ4v) is 2.73. The second-order valence-electron chi connectivity index (χ2n) is 4.98. The average molecular weight is 512 g/mol. The number of halogens is 3. The zero-order valence-electron chi connectivity index (χ0n) is 13.9. The van der Waals surface area contributed by atoms with Gasteiger partial charge in [0.1, 0.15) is 5.15 Å². The van der Waals surface area contributed by atoms with Crippen LogP contribution in [0.25, 0.3) is 0 Å². The maximum atomic E-state index is 11.0. The van der Waals surface area contributed by atoms with E-state index < -0.39 is 10.0 Å². The van der Waals surface area contributed by atoms with E-state index in [1.165, 1.54) is 0 Å². The minimum absolute atomic E-state index is 0. The molecule has 24 heavy (non-hydrogen) atoms. The highest BCUT2D eigenvalue weighted by Gasteiger charge is 2.08. The van der Waals surface area contributed by atoms with Crippen molar-refractivity contribution in [3.63, 3.8) is 0 Å². The van der Waals surface area contributed by atoms with Gasteiger partial charge in [0.05, 0.1) is 17.8 Å². The Morgan fingerprint density at radius 1 is 1.29 bits per heavy atom. The van der Waals surface area contributed by atoms with Gasteiger partial charge in [-0.2, -0.15) is 0 Å². The number of aromatic nitrogens is 1. The van der Waals surface area contributed by atoms with E-state index in [0.717, 1.165) is 18.5 Å². The van der Waals surface area contributed by atoms with Crippen molar-refractivity contribution >= 4 is 63.2 Å². The largest absolute Gasteiger partial charge is 0.357 e. The van der Waals surface area contributed by atoms with E-state index in [2.05, 4.69) is 20.3 Å². The molecule has 0 atom stereocenters. The quantitative estimate of drug-likeness (QED) is 0.215. The number of nitrogens with zero attached hydrogens (tertiary/aromatic N) is 2. The molecule has 7 nitrogen and oxygen atoms in total. The van der Waals surface area contributed by atoms with Crippen LogP contribution < -0.4 is 15.4 Å².